The first-order chi connectivity index (χ1) is 14.6. The molecule has 3 aromatic carbocycles. The van der Waals surface area contributed by atoms with Gasteiger partial charge in [-0.15, -0.1) is 0 Å². The van der Waals surface area contributed by atoms with Gasteiger partial charge in [-0.3, -0.25) is 9.59 Å². The first-order valence-corrected chi connectivity index (χ1v) is 10.1. The molecule has 0 unspecified atom stereocenters. The van der Waals surface area contributed by atoms with Crippen LogP contribution < -0.4 is 15.4 Å². The van der Waals surface area contributed by atoms with Crippen LogP contribution in [0.25, 0.3) is 0 Å². The smallest absolute Gasteiger partial charge is 0.262 e. The molecule has 2 N–H and O–H groups in total. The summed E-state index contributed by atoms with van der Waals surface area (Å²) in [5.74, 6) is 0.324. The molecule has 0 spiro atoms. The van der Waals surface area contributed by atoms with E-state index in [1.54, 1.807) is 24.3 Å². The van der Waals surface area contributed by atoms with Gasteiger partial charge in [0.15, 0.2) is 6.61 Å². The number of hydrogen-bond donors (Lipinski definition) is 2. The molecule has 0 heterocycles. The highest BCUT2D eigenvalue weighted by Gasteiger charge is 2.07. The standard InChI is InChI=1S/C25H26N2O3/c1-2-19-11-14-23(15-12-19)30-18-25(29)27-22-10-6-9-21(17-22)26-24(28)16-13-20-7-4-3-5-8-20/h3-12,14-15,17H,2,13,16,18H2,1H3,(H,26,28)(H,27,29). The minimum atomic E-state index is -0.262. The molecule has 30 heavy (non-hydrogen) atoms. The Bertz CT molecular complexity index is 969. The van der Waals surface area contributed by atoms with E-state index in [-0.39, 0.29) is 18.4 Å². The second-order valence-corrected chi connectivity index (χ2v) is 6.95. The van der Waals surface area contributed by atoms with Gasteiger partial charge >= 0.3 is 0 Å². The van der Waals surface area contributed by atoms with Gasteiger partial charge in [-0.25, -0.2) is 0 Å². The summed E-state index contributed by atoms with van der Waals surface area (Å²) in [6.07, 6.45) is 2.03. The summed E-state index contributed by atoms with van der Waals surface area (Å²) in [4.78, 5) is 24.4. The fraction of sp³-hybridized carbons (Fsp3) is 0.200. The van der Waals surface area contributed by atoms with Crippen LogP contribution in [0.2, 0.25) is 0 Å². The summed E-state index contributed by atoms with van der Waals surface area (Å²) < 4.78 is 5.53. The van der Waals surface area contributed by atoms with Crippen molar-refractivity contribution in [2.75, 3.05) is 17.2 Å². The molecule has 0 aromatic heterocycles. The quantitative estimate of drug-likeness (QED) is 0.538. The van der Waals surface area contributed by atoms with Crippen LogP contribution in [0.3, 0.4) is 0 Å². The van der Waals surface area contributed by atoms with Crippen molar-refractivity contribution in [1.82, 2.24) is 0 Å². The summed E-state index contributed by atoms with van der Waals surface area (Å²) in [6.45, 7) is 2.00. The van der Waals surface area contributed by atoms with E-state index in [1.165, 1.54) is 5.56 Å². The first-order valence-electron chi connectivity index (χ1n) is 10.1. The third-order valence-electron chi connectivity index (χ3n) is 4.62. The molecule has 3 rings (SSSR count). The Labute approximate surface area is 177 Å². The number of benzene rings is 3. The minimum Gasteiger partial charge on any atom is -0.484 e. The van der Waals surface area contributed by atoms with Crippen LogP contribution in [0.1, 0.15) is 24.5 Å². The molecule has 0 saturated heterocycles. The fourth-order valence-corrected chi connectivity index (χ4v) is 2.97. The highest BCUT2D eigenvalue weighted by atomic mass is 16.5. The van der Waals surface area contributed by atoms with Crippen LogP contribution in [-0.4, -0.2) is 18.4 Å². The van der Waals surface area contributed by atoms with E-state index < -0.39 is 0 Å². The maximum Gasteiger partial charge on any atom is 0.262 e. The average molecular weight is 402 g/mol. The summed E-state index contributed by atoms with van der Waals surface area (Å²) >= 11 is 0. The van der Waals surface area contributed by atoms with Gasteiger partial charge in [0.05, 0.1) is 0 Å². The molecule has 5 heteroatoms. The molecule has 154 valence electrons. The SMILES string of the molecule is CCc1ccc(OCC(=O)Nc2cccc(NC(=O)CCc3ccccc3)c2)cc1. The van der Waals surface area contributed by atoms with Crippen LogP contribution in [0.4, 0.5) is 11.4 Å². The van der Waals surface area contributed by atoms with E-state index in [1.807, 2.05) is 54.6 Å². The Morgan fingerprint density at radius 1 is 0.767 bits per heavy atom. The Morgan fingerprint density at radius 3 is 2.10 bits per heavy atom. The molecule has 0 saturated carbocycles. The predicted octanol–water partition coefficient (Wildman–Crippen LogP) is 4.84. The van der Waals surface area contributed by atoms with E-state index in [9.17, 15) is 9.59 Å². The summed E-state index contributed by atoms with van der Waals surface area (Å²) in [5.41, 5.74) is 3.58. The third kappa shape index (κ3) is 6.78. The Hall–Kier alpha value is -3.60. The molecule has 2 amide bonds. The van der Waals surface area contributed by atoms with Gasteiger partial charge in [-0.1, -0.05) is 55.5 Å². The summed E-state index contributed by atoms with van der Waals surface area (Å²) in [6, 6.07) is 24.6. The van der Waals surface area contributed by atoms with E-state index in [4.69, 9.17) is 4.74 Å². The minimum absolute atomic E-state index is 0.0683. The third-order valence-corrected chi connectivity index (χ3v) is 4.62. The lowest BCUT2D eigenvalue weighted by molar-refractivity contribution is -0.118. The van der Waals surface area contributed by atoms with Crippen molar-refractivity contribution in [2.45, 2.75) is 26.2 Å². The van der Waals surface area contributed by atoms with Crippen molar-refractivity contribution in [3.63, 3.8) is 0 Å². The Morgan fingerprint density at radius 2 is 1.43 bits per heavy atom. The molecule has 0 bridgehead atoms. The highest BCUT2D eigenvalue weighted by molar-refractivity contribution is 5.94. The van der Waals surface area contributed by atoms with Crippen LogP contribution in [0.15, 0.2) is 78.9 Å². The van der Waals surface area contributed by atoms with E-state index in [2.05, 4.69) is 17.6 Å². The number of nitrogens with one attached hydrogen (secondary N) is 2. The van der Waals surface area contributed by atoms with E-state index in [0.29, 0.717) is 30.0 Å². The Balaban J connectivity index is 1.46. The van der Waals surface area contributed by atoms with Crippen LogP contribution in [-0.2, 0) is 22.4 Å². The lowest BCUT2D eigenvalue weighted by Gasteiger charge is -2.10. The molecule has 0 aliphatic heterocycles. The number of rotatable bonds is 9. The highest BCUT2D eigenvalue weighted by Crippen LogP contribution is 2.16. The van der Waals surface area contributed by atoms with Crippen LogP contribution >= 0.6 is 0 Å². The fourth-order valence-electron chi connectivity index (χ4n) is 2.97. The normalized spacial score (nSPS) is 10.3. The maximum atomic E-state index is 12.2. The number of carbonyl (C=O) groups is 2. The zero-order valence-corrected chi connectivity index (χ0v) is 17.1. The molecule has 0 fully saturated rings. The van der Waals surface area contributed by atoms with Gasteiger partial charge in [0.1, 0.15) is 5.75 Å². The molecule has 0 atom stereocenters. The topological polar surface area (TPSA) is 67.4 Å². The second kappa shape index (κ2) is 10.8. The molecular formula is C25H26N2O3. The first kappa shape index (κ1) is 21.1. The van der Waals surface area contributed by atoms with Crippen molar-refractivity contribution in [1.29, 1.82) is 0 Å². The van der Waals surface area contributed by atoms with Crippen LogP contribution in [0.5, 0.6) is 5.75 Å². The van der Waals surface area contributed by atoms with Crippen molar-refractivity contribution in [3.8, 4) is 5.75 Å². The van der Waals surface area contributed by atoms with E-state index >= 15 is 0 Å². The molecule has 3 aromatic rings. The second-order valence-electron chi connectivity index (χ2n) is 6.95. The zero-order chi connectivity index (χ0) is 21.2. The summed E-state index contributed by atoms with van der Waals surface area (Å²) in [5, 5.41) is 5.66. The van der Waals surface area contributed by atoms with Crippen molar-refractivity contribution in [2.24, 2.45) is 0 Å². The number of aryl methyl sites for hydroxylation is 2. The largest absolute Gasteiger partial charge is 0.484 e. The van der Waals surface area contributed by atoms with Gasteiger partial charge in [0.25, 0.3) is 5.91 Å². The van der Waals surface area contributed by atoms with Gasteiger partial charge in [0.2, 0.25) is 5.91 Å². The van der Waals surface area contributed by atoms with Gasteiger partial charge < -0.3 is 15.4 Å². The lowest BCUT2D eigenvalue weighted by atomic mass is 10.1. The van der Waals surface area contributed by atoms with E-state index in [0.717, 1.165) is 12.0 Å². The monoisotopic (exact) mass is 402 g/mol. The predicted molar refractivity (Wildman–Crippen MR) is 120 cm³/mol. The van der Waals surface area contributed by atoms with Gasteiger partial charge in [0, 0.05) is 17.8 Å². The molecule has 0 aliphatic carbocycles. The zero-order valence-electron chi connectivity index (χ0n) is 17.1. The molecule has 5 nitrogen and oxygen atoms in total. The number of amides is 2. The summed E-state index contributed by atoms with van der Waals surface area (Å²) in [7, 11) is 0. The van der Waals surface area contributed by atoms with Crippen LogP contribution in [0, 0.1) is 0 Å². The lowest BCUT2D eigenvalue weighted by Crippen LogP contribution is -2.20. The number of carbonyl (C=O) groups excluding carboxylic acids is 2. The van der Waals surface area contributed by atoms with Gasteiger partial charge in [-0.2, -0.15) is 0 Å². The van der Waals surface area contributed by atoms with Gasteiger partial charge in [-0.05, 0) is 54.3 Å². The van der Waals surface area contributed by atoms with Crippen molar-refractivity contribution < 1.29 is 14.3 Å². The maximum absolute atomic E-state index is 12.2. The molecule has 0 aliphatic rings. The Kier molecular flexibility index (Phi) is 7.61. The molecule has 0 radical (unpaired) electrons. The van der Waals surface area contributed by atoms with Crippen molar-refractivity contribution >= 4 is 23.2 Å². The number of anilines is 2. The number of hydrogen-bond acceptors (Lipinski definition) is 3. The number of ether oxygens (including phenoxy) is 1. The molecular weight excluding hydrogens is 376 g/mol. The average Bonchev–Trinajstić information content (AvgIpc) is 2.77. The van der Waals surface area contributed by atoms with Crippen molar-refractivity contribution in [3.05, 3.63) is 90.0 Å².